The zero-order chi connectivity index (χ0) is 13.0. The normalized spacial score (nSPS) is 27.6. The zero-order valence-electron chi connectivity index (χ0n) is 11.5. The first-order valence-electron chi connectivity index (χ1n) is 6.56. The number of carbonyl (C=O) groups is 1. The maximum absolute atomic E-state index is 10.9. The van der Waals surface area contributed by atoms with Crippen LogP contribution in [0.5, 0.6) is 0 Å². The number of carboxylic acid groups (broad SMARTS) is 1. The topological polar surface area (TPSA) is 43.8 Å². The summed E-state index contributed by atoms with van der Waals surface area (Å²) in [6.07, 6.45) is 1.40. The van der Waals surface area contributed by atoms with Gasteiger partial charge in [-0.15, -0.1) is 0 Å². The summed E-state index contributed by atoms with van der Waals surface area (Å²) in [7, 11) is 2.07. The minimum atomic E-state index is -0.688. The summed E-state index contributed by atoms with van der Waals surface area (Å²) in [6.45, 7) is 9.55. The minimum absolute atomic E-state index is 0.167. The molecule has 1 aliphatic heterocycles. The molecule has 100 valence electrons. The molecule has 1 N–H and O–H groups in total. The summed E-state index contributed by atoms with van der Waals surface area (Å²) in [4.78, 5) is 15.5. The van der Waals surface area contributed by atoms with Crippen molar-refractivity contribution < 1.29 is 9.90 Å². The van der Waals surface area contributed by atoms with Crippen molar-refractivity contribution in [3.8, 4) is 0 Å². The summed E-state index contributed by atoms with van der Waals surface area (Å²) in [5.74, 6) is -0.0145. The molecule has 0 aromatic heterocycles. The van der Waals surface area contributed by atoms with Gasteiger partial charge in [0.15, 0.2) is 0 Å². The standard InChI is InChI=1S/C13H26N2O2/c1-10(2)5-6-15-11(3)8-14(4)9-12(15)7-13(16)17/h10-12H,5-9H2,1-4H3,(H,16,17). The van der Waals surface area contributed by atoms with Crippen molar-refractivity contribution in [1.82, 2.24) is 9.80 Å². The number of rotatable bonds is 5. The van der Waals surface area contributed by atoms with E-state index < -0.39 is 5.97 Å². The summed E-state index contributed by atoms with van der Waals surface area (Å²) < 4.78 is 0. The van der Waals surface area contributed by atoms with E-state index in [1.807, 2.05) is 0 Å². The van der Waals surface area contributed by atoms with E-state index in [1.54, 1.807) is 0 Å². The largest absolute Gasteiger partial charge is 0.481 e. The van der Waals surface area contributed by atoms with Gasteiger partial charge in [-0.25, -0.2) is 0 Å². The van der Waals surface area contributed by atoms with Crippen molar-refractivity contribution in [3.63, 3.8) is 0 Å². The molecule has 2 unspecified atom stereocenters. The molecule has 1 heterocycles. The van der Waals surface area contributed by atoms with Gasteiger partial charge in [0.2, 0.25) is 0 Å². The van der Waals surface area contributed by atoms with E-state index >= 15 is 0 Å². The summed E-state index contributed by atoms with van der Waals surface area (Å²) in [6, 6.07) is 0.622. The quantitative estimate of drug-likeness (QED) is 0.793. The van der Waals surface area contributed by atoms with Crippen molar-refractivity contribution in [2.75, 3.05) is 26.7 Å². The fourth-order valence-corrected chi connectivity index (χ4v) is 2.65. The second-order valence-corrected chi connectivity index (χ2v) is 5.74. The Morgan fingerprint density at radius 2 is 2.06 bits per heavy atom. The maximum Gasteiger partial charge on any atom is 0.304 e. The van der Waals surface area contributed by atoms with Crippen LogP contribution >= 0.6 is 0 Å². The van der Waals surface area contributed by atoms with Gasteiger partial charge in [-0.3, -0.25) is 9.69 Å². The van der Waals surface area contributed by atoms with Crippen LogP contribution in [0.4, 0.5) is 0 Å². The van der Waals surface area contributed by atoms with E-state index in [2.05, 4.69) is 37.6 Å². The smallest absolute Gasteiger partial charge is 0.304 e. The summed E-state index contributed by atoms with van der Waals surface area (Å²) in [5, 5.41) is 8.99. The minimum Gasteiger partial charge on any atom is -0.481 e. The van der Waals surface area contributed by atoms with Crippen LogP contribution in [-0.2, 0) is 4.79 Å². The molecule has 4 heteroatoms. The third-order valence-corrected chi connectivity index (χ3v) is 3.51. The van der Waals surface area contributed by atoms with Gasteiger partial charge in [-0.05, 0) is 32.9 Å². The second kappa shape index (κ2) is 6.36. The molecular formula is C13H26N2O2. The third-order valence-electron chi connectivity index (χ3n) is 3.51. The van der Waals surface area contributed by atoms with Crippen molar-refractivity contribution in [1.29, 1.82) is 0 Å². The number of piperazine rings is 1. The highest BCUT2D eigenvalue weighted by molar-refractivity contribution is 5.67. The SMILES string of the molecule is CC(C)CCN1C(C)CN(C)CC1CC(=O)O. The molecule has 0 amide bonds. The van der Waals surface area contributed by atoms with Crippen LogP contribution in [0.25, 0.3) is 0 Å². The van der Waals surface area contributed by atoms with Gasteiger partial charge < -0.3 is 10.0 Å². The molecule has 17 heavy (non-hydrogen) atoms. The Morgan fingerprint density at radius 3 is 2.59 bits per heavy atom. The number of aliphatic carboxylic acids is 1. The zero-order valence-corrected chi connectivity index (χ0v) is 11.5. The number of nitrogens with zero attached hydrogens (tertiary/aromatic N) is 2. The van der Waals surface area contributed by atoms with Gasteiger partial charge in [-0.1, -0.05) is 13.8 Å². The monoisotopic (exact) mass is 242 g/mol. The lowest BCUT2D eigenvalue weighted by atomic mass is 10.0. The Balaban J connectivity index is 2.61. The average Bonchev–Trinajstić information content (AvgIpc) is 2.14. The highest BCUT2D eigenvalue weighted by Gasteiger charge is 2.31. The fraction of sp³-hybridized carbons (Fsp3) is 0.923. The van der Waals surface area contributed by atoms with Crippen LogP contribution in [0, 0.1) is 5.92 Å². The number of hydrogen-bond donors (Lipinski definition) is 1. The second-order valence-electron chi connectivity index (χ2n) is 5.74. The maximum atomic E-state index is 10.9. The lowest BCUT2D eigenvalue weighted by molar-refractivity contribution is -0.139. The van der Waals surface area contributed by atoms with Crippen molar-refractivity contribution in [3.05, 3.63) is 0 Å². The first-order valence-corrected chi connectivity index (χ1v) is 6.56. The summed E-state index contributed by atoms with van der Waals surface area (Å²) in [5.41, 5.74) is 0. The lowest BCUT2D eigenvalue weighted by Crippen LogP contribution is -2.57. The van der Waals surface area contributed by atoms with Gasteiger partial charge in [-0.2, -0.15) is 0 Å². The van der Waals surface area contributed by atoms with Crippen LogP contribution in [0.3, 0.4) is 0 Å². The van der Waals surface area contributed by atoms with Crippen molar-refractivity contribution in [2.45, 2.75) is 45.7 Å². The molecule has 0 aromatic carbocycles. The molecule has 4 nitrogen and oxygen atoms in total. The Labute approximate surface area is 105 Å². The molecule has 0 saturated carbocycles. The van der Waals surface area contributed by atoms with E-state index in [4.69, 9.17) is 5.11 Å². The average molecular weight is 242 g/mol. The molecule has 1 aliphatic rings. The first kappa shape index (κ1) is 14.5. The highest BCUT2D eigenvalue weighted by atomic mass is 16.4. The predicted octanol–water partition coefficient (Wildman–Crippen LogP) is 1.51. The lowest BCUT2D eigenvalue weighted by Gasteiger charge is -2.44. The van der Waals surface area contributed by atoms with Gasteiger partial charge in [0.1, 0.15) is 0 Å². The van der Waals surface area contributed by atoms with Gasteiger partial charge >= 0.3 is 5.97 Å². The molecule has 0 aromatic rings. The van der Waals surface area contributed by atoms with E-state index in [1.165, 1.54) is 0 Å². The van der Waals surface area contributed by atoms with E-state index in [-0.39, 0.29) is 12.5 Å². The van der Waals surface area contributed by atoms with E-state index in [0.29, 0.717) is 12.0 Å². The Morgan fingerprint density at radius 1 is 1.41 bits per heavy atom. The summed E-state index contributed by atoms with van der Waals surface area (Å²) >= 11 is 0. The Kier molecular flexibility index (Phi) is 5.40. The fourth-order valence-electron chi connectivity index (χ4n) is 2.65. The van der Waals surface area contributed by atoms with Crippen molar-refractivity contribution >= 4 is 5.97 Å². The molecule has 0 spiro atoms. The van der Waals surface area contributed by atoms with Crippen LogP contribution in [0.2, 0.25) is 0 Å². The highest BCUT2D eigenvalue weighted by Crippen LogP contribution is 2.19. The van der Waals surface area contributed by atoms with E-state index in [9.17, 15) is 4.79 Å². The number of hydrogen-bond acceptors (Lipinski definition) is 3. The molecule has 0 radical (unpaired) electrons. The van der Waals surface area contributed by atoms with Gasteiger partial charge in [0.25, 0.3) is 0 Å². The molecular weight excluding hydrogens is 216 g/mol. The van der Waals surface area contributed by atoms with Crippen LogP contribution in [0.15, 0.2) is 0 Å². The Hall–Kier alpha value is -0.610. The van der Waals surface area contributed by atoms with Crippen LogP contribution in [-0.4, -0.2) is 59.6 Å². The predicted molar refractivity (Wildman–Crippen MR) is 69.2 cm³/mol. The first-order chi connectivity index (χ1) is 7.90. The van der Waals surface area contributed by atoms with E-state index in [0.717, 1.165) is 26.1 Å². The molecule has 0 bridgehead atoms. The van der Waals surface area contributed by atoms with Crippen LogP contribution < -0.4 is 0 Å². The molecule has 1 fully saturated rings. The number of likely N-dealkylation sites (N-methyl/N-ethyl adjacent to an activating group) is 1. The number of carboxylic acids is 1. The van der Waals surface area contributed by atoms with Gasteiger partial charge in [0, 0.05) is 25.2 Å². The third kappa shape index (κ3) is 4.64. The molecule has 2 atom stereocenters. The molecule has 1 saturated heterocycles. The van der Waals surface area contributed by atoms with Gasteiger partial charge in [0.05, 0.1) is 6.42 Å². The molecule has 1 rings (SSSR count). The van der Waals surface area contributed by atoms with Crippen molar-refractivity contribution in [2.24, 2.45) is 5.92 Å². The Bertz CT molecular complexity index is 256. The van der Waals surface area contributed by atoms with Crippen LogP contribution in [0.1, 0.15) is 33.6 Å². The molecule has 0 aliphatic carbocycles.